The summed E-state index contributed by atoms with van der Waals surface area (Å²) in [6.07, 6.45) is 0.895. The van der Waals surface area contributed by atoms with E-state index in [1.54, 1.807) is 0 Å². The molecule has 5 nitrogen and oxygen atoms in total. The van der Waals surface area contributed by atoms with Crippen LogP contribution in [0.25, 0.3) is 0 Å². The summed E-state index contributed by atoms with van der Waals surface area (Å²) in [5.41, 5.74) is -0.213. The first-order chi connectivity index (χ1) is 10.5. The van der Waals surface area contributed by atoms with Crippen LogP contribution in [0.5, 0.6) is 0 Å². The molecule has 0 saturated carbocycles. The number of carbonyl (C=O) groups is 1. The van der Waals surface area contributed by atoms with Crippen molar-refractivity contribution in [3.8, 4) is 0 Å². The first kappa shape index (κ1) is 16.7. The molecule has 0 unspecified atom stereocenters. The van der Waals surface area contributed by atoms with Crippen molar-refractivity contribution in [1.29, 1.82) is 0 Å². The topological polar surface area (TPSA) is 87.0 Å². The van der Waals surface area contributed by atoms with Crippen LogP contribution in [0.2, 0.25) is 0 Å². The monoisotopic (exact) mass is 306 g/mol. The molecule has 3 atom stereocenters. The van der Waals surface area contributed by atoms with Crippen molar-refractivity contribution in [2.45, 2.75) is 43.5 Å². The van der Waals surface area contributed by atoms with Crippen molar-refractivity contribution >= 4 is 5.97 Å². The van der Waals surface area contributed by atoms with Crippen LogP contribution < -0.4 is 0 Å². The number of benzene rings is 1. The van der Waals surface area contributed by atoms with Gasteiger partial charge in [0.1, 0.15) is 6.10 Å². The lowest BCUT2D eigenvalue weighted by Gasteiger charge is -2.34. The number of hydrogen-bond donors (Lipinski definition) is 3. The highest BCUT2D eigenvalue weighted by molar-refractivity contribution is 5.82. The average molecular weight is 306 g/mol. The number of carbonyl (C=O) groups excluding carboxylic acids is 1. The molecule has 0 bridgehead atoms. The fourth-order valence-electron chi connectivity index (χ4n) is 2.81. The maximum atomic E-state index is 11.7. The van der Waals surface area contributed by atoms with Crippen LogP contribution in [-0.4, -0.2) is 46.2 Å². The van der Waals surface area contributed by atoms with Crippen molar-refractivity contribution in [2.24, 2.45) is 0 Å². The van der Waals surface area contributed by atoms with Crippen LogP contribution in [0, 0.1) is 0 Å². The Morgan fingerprint density at radius 2 is 1.95 bits per heavy atom. The van der Waals surface area contributed by atoms with Crippen molar-refractivity contribution in [3.63, 3.8) is 0 Å². The lowest BCUT2D eigenvalue weighted by molar-refractivity contribution is -0.162. The highest BCUT2D eigenvalue weighted by Crippen LogP contribution is 2.31. The van der Waals surface area contributed by atoms with Gasteiger partial charge in [-0.2, -0.15) is 0 Å². The molecule has 1 aromatic carbocycles. The molecule has 5 heteroatoms. The summed E-state index contributed by atoms with van der Waals surface area (Å²) in [5.74, 6) is -0.820. The quantitative estimate of drug-likeness (QED) is 0.557. The molecule has 0 aliphatic heterocycles. The van der Waals surface area contributed by atoms with E-state index in [1.165, 1.54) is 18.7 Å². The van der Waals surface area contributed by atoms with Gasteiger partial charge in [-0.3, -0.25) is 0 Å². The normalized spacial score (nSPS) is 28.1. The number of aryl methyl sites for hydroxylation is 1. The van der Waals surface area contributed by atoms with Gasteiger partial charge in [-0.05, 0) is 36.5 Å². The minimum Gasteiger partial charge on any atom is -0.467 e. The number of ether oxygens (including phenoxy) is 1. The second kappa shape index (κ2) is 7.05. The van der Waals surface area contributed by atoms with Gasteiger partial charge in [0.15, 0.2) is 5.60 Å². The van der Waals surface area contributed by atoms with Crippen molar-refractivity contribution in [1.82, 2.24) is 0 Å². The van der Waals surface area contributed by atoms with Gasteiger partial charge in [-0.15, -0.1) is 0 Å². The second-order valence-electron chi connectivity index (χ2n) is 5.69. The molecule has 0 radical (unpaired) electrons. The van der Waals surface area contributed by atoms with Gasteiger partial charge in [0.05, 0.1) is 13.2 Å². The highest BCUT2D eigenvalue weighted by Gasteiger charge is 2.44. The van der Waals surface area contributed by atoms with E-state index in [9.17, 15) is 20.1 Å². The van der Waals surface area contributed by atoms with Crippen LogP contribution in [0.15, 0.2) is 42.0 Å². The number of esters is 1. The molecule has 0 aromatic heterocycles. The van der Waals surface area contributed by atoms with Gasteiger partial charge in [0, 0.05) is 6.42 Å². The Morgan fingerprint density at radius 1 is 1.27 bits per heavy atom. The van der Waals surface area contributed by atoms with Crippen LogP contribution >= 0.6 is 0 Å². The summed E-state index contributed by atoms with van der Waals surface area (Å²) in [4.78, 5) is 11.7. The van der Waals surface area contributed by atoms with Crippen molar-refractivity contribution in [2.75, 3.05) is 7.11 Å². The maximum absolute atomic E-state index is 11.7. The molecule has 1 aromatic rings. The van der Waals surface area contributed by atoms with E-state index >= 15 is 0 Å². The molecule has 0 spiro atoms. The minimum atomic E-state index is -1.87. The maximum Gasteiger partial charge on any atom is 0.342 e. The molecule has 0 fully saturated rings. The third kappa shape index (κ3) is 3.74. The molecule has 0 saturated heterocycles. The number of hydrogen-bond acceptors (Lipinski definition) is 5. The second-order valence-corrected chi connectivity index (χ2v) is 5.69. The van der Waals surface area contributed by atoms with Crippen LogP contribution in [0.4, 0.5) is 0 Å². The van der Waals surface area contributed by atoms with E-state index in [-0.39, 0.29) is 6.42 Å². The zero-order chi connectivity index (χ0) is 16.2. The highest BCUT2D eigenvalue weighted by atomic mass is 16.5. The molecule has 22 heavy (non-hydrogen) atoms. The summed E-state index contributed by atoms with van der Waals surface area (Å²) in [6, 6.07) is 9.91. The molecule has 3 N–H and O–H groups in total. The molecule has 1 aliphatic carbocycles. The molecular formula is C17H22O5. The number of aliphatic hydroxyl groups excluding tert-OH is 2. The zero-order valence-corrected chi connectivity index (χ0v) is 12.6. The number of methoxy groups -OCH3 is 1. The zero-order valence-electron chi connectivity index (χ0n) is 12.6. The molecule has 1 aliphatic rings. The third-order valence-corrected chi connectivity index (χ3v) is 4.00. The predicted molar refractivity (Wildman–Crippen MR) is 81.1 cm³/mol. The van der Waals surface area contributed by atoms with Gasteiger partial charge in [-0.25, -0.2) is 4.79 Å². The molecule has 0 amide bonds. The molecule has 2 rings (SSSR count). The van der Waals surface area contributed by atoms with Crippen LogP contribution in [-0.2, 0) is 16.0 Å². The summed E-state index contributed by atoms with van der Waals surface area (Å²) >= 11 is 0. The van der Waals surface area contributed by atoms with Gasteiger partial charge in [0.25, 0.3) is 0 Å². The van der Waals surface area contributed by atoms with Gasteiger partial charge >= 0.3 is 5.97 Å². The fraction of sp³-hybridized carbons (Fsp3) is 0.471. The van der Waals surface area contributed by atoms with Crippen LogP contribution in [0.1, 0.15) is 24.8 Å². The Balaban J connectivity index is 2.05. The van der Waals surface area contributed by atoms with Crippen LogP contribution in [0.3, 0.4) is 0 Å². The Hall–Kier alpha value is -1.69. The summed E-state index contributed by atoms with van der Waals surface area (Å²) < 4.78 is 4.57. The smallest absolute Gasteiger partial charge is 0.342 e. The summed E-state index contributed by atoms with van der Waals surface area (Å²) in [5, 5.41) is 30.2. The Morgan fingerprint density at radius 3 is 2.59 bits per heavy atom. The van der Waals surface area contributed by atoms with Crippen molar-refractivity contribution < 1.29 is 24.9 Å². The van der Waals surface area contributed by atoms with E-state index in [0.717, 1.165) is 12.8 Å². The van der Waals surface area contributed by atoms with E-state index in [4.69, 9.17) is 0 Å². The molecule has 120 valence electrons. The predicted octanol–water partition coefficient (Wildman–Crippen LogP) is 0.965. The fourth-order valence-corrected chi connectivity index (χ4v) is 2.81. The molecular weight excluding hydrogens is 284 g/mol. The van der Waals surface area contributed by atoms with Gasteiger partial charge in [-0.1, -0.05) is 30.3 Å². The van der Waals surface area contributed by atoms with E-state index in [0.29, 0.717) is 12.0 Å². The number of aliphatic hydroxyl groups is 3. The SMILES string of the molecule is COC(=O)[C@]1(O)C=C(CCCc2ccccc2)[C@@H](O)[C@H](O)C1. The third-order valence-electron chi connectivity index (χ3n) is 4.00. The lowest BCUT2D eigenvalue weighted by atomic mass is 9.81. The Kier molecular flexibility index (Phi) is 5.34. The largest absolute Gasteiger partial charge is 0.467 e. The lowest BCUT2D eigenvalue weighted by Crippen LogP contribution is -2.48. The van der Waals surface area contributed by atoms with Gasteiger partial charge < -0.3 is 20.1 Å². The first-order valence-corrected chi connectivity index (χ1v) is 7.39. The Bertz CT molecular complexity index is 539. The van der Waals surface area contributed by atoms with Gasteiger partial charge in [0.2, 0.25) is 0 Å². The summed E-state index contributed by atoms with van der Waals surface area (Å²) in [6.45, 7) is 0. The minimum absolute atomic E-state index is 0.261. The van der Waals surface area contributed by atoms with E-state index in [1.807, 2.05) is 30.3 Å². The standard InChI is InChI=1S/C17H22O5/c1-22-16(20)17(21)10-13(15(19)14(18)11-17)9-5-8-12-6-3-2-4-7-12/h2-4,6-7,10,14-15,18-19,21H,5,8-9,11H2,1H3/t14-,15-,17+/m1/s1. The van der Waals surface area contributed by atoms with Crippen molar-refractivity contribution in [3.05, 3.63) is 47.5 Å². The number of rotatable bonds is 5. The molecule has 0 heterocycles. The first-order valence-electron chi connectivity index (χ1n) is 7.39. The summed E-state index contributed by atoms with van der Waals surface area (Å²) in [7, 11) is 1.18. The van der Waals surface area contributed by atoms with E-state index in [2.05, 4.69) is 4.74 Å². The average Bonchev–Trinajstić information content (AvgIpc) is 2.52. The van der Waals surface area contributed by atoms with E-state index < -0.39 is 23.8 Å². The Labute approximate surface area is 129 Å².